The molecule has 294 valence electrons. The van der Waals surface area contributed by atoms with Crippen LogP contribution in [-0.4, -0.2) is 87.2 Å². The summed E-state index contributed by atoms with van der Waals surface area (Å²) in [5.74, 6) is -1.57. The normalized spacial score (nSPS) is 19.8. The van der Waals surface area contributed by atoms with Crippen LogP contribution < -0.4 is 26.2 Å². The number of hydrogen-bond donors (Lipinski definition) is 4. The number of amides is 6. The van der Waals surface area contributed by atoms with Crippen LogP contribution in [0.2, 0.25) is 0 Å². The van der Waals surface area contributed by atoms with Gasteiger partial charge < -0.3 is 40.2 Å². The van der Waals surface area contributed by atoms with E-state index in [1.54, 1.807) is 40.1 Å². The number of nitrogens with zero attached hydrogens (tertiary/aromatic N) is 4. The molecule has 3 aliphatic heterocycles. The third kappa shape index (κ3) is 6.30. The molecule has 0 spiro atoms. The second kappa shape index (κ2) is 14.5. The van der Waals surface area contributed by atoms with Gasteiger partial charge in [-0.1, -0.05) is 31.4 Å². The number of carbonyl (C=O) groups is 6. The van der Waals surface area contributed by atoms with E-state index >= 15 is 0 Å². The van der Waals surface area contributed by atoms with Crippen LogP contribution in [0.4, 0.5) is 11.4 Å². The summed E-state index contributed by atoms with van der Waals surface area (Å²) in [6.45, 7) is 9.73. The van der Waals surface area contributed by atoms with Gasteiger partial charge >= 0.3 is 0 Å². The van der Waals surface area contributed by atoms with Gasteiger partial charge in [-0.05, 0) is 91.9 Å². The van der Waals surface area contributed by atoms with Crippen LogP contribution in [0.5, 0.6) is 0 Å². The number of hydrogen-bond acceptors (Lipinski definition) is 6. The van der Waals surface area contributed by atoms with Crippen LogP contribution in [0.1, 0.15) is 66.5 Å². The Kier molecular flexibility index (Phi) is 9.18. The van der Waals surface area contributed by atoms with Gasteiger partial charge in [-0.2, -0.15) is 0 Å². The highest BCUT2D eigenvalue weighted by Gasteiger charge is 2.42. The second-order valence-corrected chi connectivity index (χ2v) is 15.2. The van der Waals surface area contributed by atoms with Gasteiger partial charge in [-0.15, -0.1) is 0 Å². The van der Waals surface area contributed by atoms with Crippen molar-refractivity contribution in [2.24, 2.45) is 0 Å². The van der Waals surface area contributed by atoms with Gasteiger partial charge in [-0.25, -0.2) is 0 Å². The van der Waals surface area contributed by atoms with Gasteiger partial charge in [0, 0.05) is 77.0 Å². The van der Waals surface area contributed by atoms with E-state index in [1.165, 1.54) is 12.2 Å². The second-order valence-electron chi connectivity index (χ2n) is 15.2. The lowest BCUT2D eigenvalue weighted by Crippen LogP contribution is -2.64. The van der Waals surface area contributed by atoms with Gasteiger partial charge in [0.15, 0.2) is 0 Å². The first-order valence-corrected chi connectivity index (χ1v) is 19.6. The number of nitrogens with one attached hydrogen (secondary N) is 4. The van der Waals surface area contributed by atoms with Crippen LogP contribution in [0.3, 0.4) is 0 Å². The van der Waals surface area contributed by atoms with Crippen LogP contribution in [0.25, 0.3) is 21.8 Å². The van der Waals surface area contributed by atoms with Crippen molar-refractivity contribution in [2.45, 2.75) is 56.9 Å². The molecule has 0 radical (unpaired) electrons. The Hall–Kier alpha value is -6.96. The zero-order chi connectivity index (χ0) is 40.2. The molecule has 1 fully saturated rings. The molecule has 6 amide bonds. The average molecular weight is 779 g/mol. The maximum absolute atomic E-state index is 14.4. The van der Waals surface area contributed by atoms with Gasteiger partial charge in [0.25, 0.3) is 23.6 Å². The molecule has 14 nitrogen and oxygen atoms in total. The molecule has 2 aromatic heterocycles. The molecule has 5 heterocycles. The van der Waals surface area contributed by atoms with Crippen LogP contribution >= 0.6 is 0 Å². The molecule has 3 atom stereocenters. The minimum Gasteiger partial charge on any atom is -0.349 e. The van der Waals surface area contributed by atoms with E-state index in [1.807, 2.05) is 45.5 Å². The highest BCUT2D eigenvalue weighted by Crippen LogP contribution is 2.33. The minimum atomic E-state index is -0.590. The first-order chi connectivity index (χ1) is 28.1. The Morgan fingerprint density at radius 2 is 1.47 bits per heavy atom. The Morgan fingerprint density at radius 3 is 2.21 bits per heavy atom. The first kappa shape index (κ1) is 36.7. The number of carbonyl (C=O) groups excluding carboxylic acids is 6. The van der Waals surface area contributed by atoms with Crippen LogP contribution in [-0.2, 0) is 29.1 Å². The van der Waals surface area contributed by atoms with Crippen molar-refractivity contribution >= 4 is 68.6 Å². The fourth-order valence-electron chi connectivity index (χ4n) is 9.14. The van der Waals surface area contributed by atoms with Crippen molar-refractivity contribution < 1.29 is 28.8 Å². The number of benzene rings is 3. The number of aromatic nitrogens is 2. The third-order valence-corrected chi connectivity index (χ3v) is 12.0. The standard InChI is InChI=1S/C44H42N8O6/c1-3-38(53)48-40-31(47-42(56)29-11-8-26-20-36-43(57)45-15-17-49(36)33(26)23-29)6-5-7-32(40)52-19-18-50-34-22-28(10-9-27(34)21-37(50)44(52)58)41(55)46-30-13-12-25-14-16-51(35(25)24-30)39(54)4-2/h3-4,8-13,20-24,31-32,40H,1-2,5-7,14-19H2,(H,45,57)(H,46,55)(H,47,56)(H,48,53). The molecule has 0 saturated heterocycles. The molecule has 3 unspecified atom stereocenters. The summed E-state index contributed by atoms with van der Waals surface area (Å²) in [7, 11) is 0. The molecule has 9 rings (SSSR count). The Labute approximate surface area is 333 Å². The SMILES string of the molecule is C=CC(=O)NC1C(NC(=O)c2ccc3cc4n(c3c2)CCNC4=O)CCCC1N1CCn2c(cc3ccc(C(=O)Nc4ccc5c(c4)N(C(=O)C=C)CC5)cc32)C1=O. The molecule has 14 heteroatoms. The predicted molar refractivity (Wildman–Crippen MR) is 219 cm³/mol. The molecule has 58 heavy (non-hydrogen) atoms. The first-order valence-electron chi connectivity index (χ1n) is 19.6. The molecule has 1 aliphatic carbocycles. The summed E-state index contributed by atoms with van der Waals surface area (Å²) in [5.41, 5.74) is 5.77. The quantitative estimate of drug-likeness (QED) is 0.173. The largest absolute Gasteiger partial charge is 0.349 e. The van der Waals surface area contributed by atoms with E-state index in [0.29, 0.717) is 80.2 Å². The average Bonchev–Trinajstić information content (AvgIpc) is 3.95. The van der Waals surface area contributed by atoms with E-state index in [4.69, 9.17) is 0 Å². The number of fused-ring (bicyclic) bond motifs is 7. The monoisotopic (exact) mass is 778 g/mol. The van der Waals surface area contributed by atoms with Gasteiger partial charge in [0.2, 0.25) is 11.8 Å². The summed E-state index contributed by atoms with van der Waals surface area (Å²) in [6, 6.07) is 18.4. The predicted octanol–water partition coefficient (Wildman–Crippen LogP) is 4.14. The summed E-state index contributed by atoms with van der Waals surface area (Å²) in [4.78, 5) is 82.8. The Bertz CT molecular complexity index is 2620. The summed E-state index contributed by atoms with van der Waals surface area (Å²) in [5, 5.41) is 13.7. The molecule has 4 aliphatic rings. The fraction of sp³-hybridized carbons (Fsp3) is 0.273. The topological polar surface area (TPSA) is 167 Å². The van der Waals surface area contributed by atoms with E-state index in [0.717, 1.165) is 39.5 Å². The van der Waals surface area contributed by atoms with Crippen molar-refractivity contribution in [3.05, 3.63) is 120 Å². The van der Waals surface area contributed by atoms with Crippen molar-refractivity contribution in [1.29, 1.82) is 0 Å². The van der Waals surface area contributed by atoms with Gasteiger partial charge in [0.05, 0.1) is 18.1 Å². The number of anilines is 2. The Morgan fingerprint density at radius 1 is 0.741 bits per heavy atom. The van der Waals surface area contributed by atoms with Crippen molar-refractivity contribution in [3.63, 3.8) is 0 Å². The minimum absolute atomic E-state index is 0.147. The maximum Gasteiger partial charge on any atom is 0.270 e. The van der Waals surface area contributed by atoms with E-state index < -0.39 is 24.0 Å². The molecule has 0 bridgehead atoms. The van der Waals surface area contributed by atoms with Crippen molar-refractivity contribution in [2.75, 3.05) is 29.9 Å². The van der Waals surface area contributed by atoms with Gasteiger partial charge in [0.1, 0.15) is 11.4 Å². The summed E-state index contributed by atoms with van der Waals surface area (Å²) < 4.78 is 3.85. The lowest BCUT2D eigenvalue weighted by molar-refractivity contribution is -0.118. The summed E-state index contributed by atoms with van der Waals surface area (Å²) in [6.07, 6.45) is 5.14. The smallest absolute Gasteiger partial charge is 0.270 e. The fourth-order valence-corrected chi connectivity index (χ4v) is 9.14. The molecule has 5 aromatic rings. The lowest BCUT2D eigenvalue weighted by atomic mass is 9.84. The molecule has 1 saturated carbocycles. The summed E-state index contributed by atoms with van der Waals surface area (Å²) >= 11 is 0. The van der Waals surface area contributed by atoms with Crippen LogP contribution in [0, 0.1) is 0 Å². The van der Waals surface area contributed by atoms with Crippen LogP contribution in [0.15, 0.2) is 92.0 Å². The molecular weight excluding hydrogens is 737 g/mol. The van der Waals surface area contributed by atoms with E-state index in [-0.39, 0.29) is 29.5 Å². The van der Waals surface area contributed by atoms with Crippen molar-refractivity contribution in [1.82, 2.24) is 30.0 Å². The van der Waals surface area contributed by atoms with E-state index in [2.05, 4.69) is 34.4 Å². The Balaban J connectivity index is 0.939. The van der Waals surface area contributed by atoms with E-state index in [9.17, 15) is 28.8 Å². The molecule has 4 N–H and O–H groups in total. The number of rotatable bonds is 8. The maximum atomic E-state index is 14.4. The molecular formula is C44H42N8O6. The lowest BCUT2D eigenvalue weighted by Gasteiger charge is -2.45. The zero-order valence-corrected chi connectivity index (χ0v) is 31.8. The van der Waals surface area contributed by atoms with Gasteiger partial charge in [-0.3, -0.25) is 28.8 Å². The highest BCUT2D eigenvalue weighted by molar-refractivity contribution is 6.09. The zero-order valence-electron chi connectivity index (χ0n) is 31.8. The molecule has 3 aromatic carbocycles. The van der Waals surface area contributed by atoms with Crippen molar-refractivity contribution in [3.8, 4) is 0 Å². The highest BCUT2D eigenvalue weighted by atomic mass is 16.2. The third-order valence-electron chi connectivity index (χ3n) is 12.0.